The molecule has 0 N–H and O–H groups in total. The summed E-state index contributed by atoms with van der Waals surface area (Å²) in [6, 6.07) is 18.5. The first-order valence-electron chi connectivity index (χ1n) is 8.12. The van der Waals surface area contributed by atoms with Crippen LogP contribution in [0.5, 0.6) is 5.88 Å². The van der Waals surface area contributed by atoms with Crippen molar-refractivity contribution in [3.05, 3.63) is 66.4 Å². The van der Waals surface area contributed by atoms with Gasteiger partial charge in [-0.15, -0.1) is 0 Å². The van der Waals surface area contributed by atoms with Crippen molar-refractivity contribution in [1.82, 2.24) is 9.29 Å². The van der Waals surface area contributed by atoms with Crippen LogP contribution in [0.2, 0.25) is 0 Å². The predicted octanol–water partition coefficient (Wildman–Crippen LogP) is 3.00. The average Bonchev–Trinajstić information content (AvgIpc) is 2.57. The summed E-state index contributed by atoms with van der Waals surface area (Å²) in [7, 11) is -3.49. The van der Waals surface area contributed by atoms with Crippen molar-refractivity contribution >= 4 is 20.8 Å². The molecule has 1 aromatic heterocycles. The van der Waals surface area contributed by atoms with Crippen LogP contribution >= 0.6 is 0 Å². The number of ether oxygens (including phenoxy) is 1. The van der Waals surface area contributed by atoms with Gasteiger partial charge in [0.2, 0.25) is 15.9 Å². The Bertz CT molecular complexity index is 1030. The fraction of sp³-hybridized carbons (Fsp3) is 0.211. The Balaban J connectivity index is 1.48. The molecular weight excluding hydrogens is 336 g/mol. The lowest BCUT2D eigenvalue weighted by Crippen LogP contribution is -2.56. The van der Waals surface area contributed by atoms with Crippen molar-refractivity contribution in [1.29, 1.82) is 0 Å². The number of benzene rings is 2. The molecule has 1 fully saturated rings. The maximum Gasteiger partial charge on any atom is 0.243 e. The lowest BCUT2D eigenvalue weighted by Gasteiger charge is -2.37. The van der Waals surface area contributed by atoms with Gasteiger partial charge in [0.25, 0.3) is 0 Å². The first-order valence-corrected chi connectivity index (χ1v) is 9.56. The number of rotatable bonds is 4. The third-order valence-electron chi connectivity index (χ3n) is 4.32. The molecule has 5 nitrogen and oxygen atoms in total. The van der Waals surface area contributed by atoms with Gasteiger partial charge in [-0.05, 0) is 35.9 Å². The molecule has 25 heavy (non-hydrogen) atoms. The SMILES string of the molecule is Cc1cccc(OC2CN(S(=O)(=O)c3ccc4ccccc4c3)C2)n1. The molecule has 0 spiro atoms. The minimum Gasteiger partial charge on any atom is -0.472 e. The Hall–Kier alpha value is -2.44. The highest BCUT2D eigenvalue weighted by atomic mass is 32.2. The number of pyridine rings is 1. The highest BCUT2D eigenvalue weighted by Crippen LogP contribution is 2.26. The second-order valence-electron chi connectivity index (χ2n) is 6.19. The Kier molecular flexibility index (Phi) is 3.94. The predicted molar refractivity (Wildman–Crippen MR) is 96.1 cm³/mol. The van der Waals surface area contributed by atoms with Crippen molar-refractivity contribution in [2.24, 2.45) is 0 Å². The van der Waals surface area contributed by atoms with E-state index in [1.807, 2.05) is 49.4 Å². The van der Waals surface area contributed by atoms with Crippen LogP contribution in [0.1, 0.15) is 5.69 Å². The van der Waals surface area contributed by atoms with Crippen LogP contribution < -0.4 is 4.74 Å². The van der Waals surface area contributed by atoms with Gasteiger partial charge >= 0.3 is 0 Å². The fourth-order valence-electron chi connectivity index (χ4n) is 2.90. The van der Waals surface area contributed by atoms with Crippen molar-refractivity contribution in [3.8, 4) is 5.88 Å². The third kappa shape index (κ3) is 3.10. The van der Waals surface area contributed by atoms with Crippen molar-refractivity contribution in [2.75, 3.05) is 13.1 Å². The van der Waals surface area contributed by atoms with E-state index in [-0.39, 0.29) is 6.10 Å². The zero-order valence-electron chi connectivity index (χ0n) is 13.8. The van der Waals surface area contributed by atoms with E-state index in [4.69, 9.17) is 4.74 Å². The number of sulfonamides is 1. The van der Waals surface area contributed by atoms with Gasteiger partial charge in [-0.1, -0.05) is 36.4 Å². The number of fused-ring (bicyclic) bond motifs is 1. The Morgan fingerprint density at radius 2 is 1.76 bits per heavy atom. The van der Waals surface area contributed by atoms with Crippen LogP contribution in [0, 0.1) is 6.92 Å². The first-order chi connectivity index (χ1) is 12.0. The van der Waals surface area contributed by atoms with Crippen LogP contribution in [-0.2, 0) is 10.0 Å². The molecule has 0 atom stereocenters. The Morgan fingerprint density at radius 3 is 2.52 bits per heavy atom. The van der Waals surface area contributed by atoms with Gasteiger partial charge in [0.1, 0.15) is 6.10 Å². The second kappa shape index (κ2) is 6.13. The summed E-state index contributed by atoms with van der Waals surface area (Å²) in [6.45, 7) is 2.57. The molecule has 1 saturated heterocycles. The van der Waals surface area contributed by atoms with E-state index in [1.54, 1.807) is 18.2 Å². The number of nitrogens with zero attached hydrogens (tertiary/aromatic N) is 2. The minimum absolute atomic E-state index is 0.162. The summed E-state index contributed by atoms with van der Waals surface area (Å²) < 4.78 is 32.7. The molecule has 0 aliphatic carbocycles. The normalized spacial score (nSPS) is 15.9. The third-order valence-corrected chi connectivity index (χ3v) is 6.15. The van der Waals surface area contributed by atoms with Crippen LogP contribution in [0.25, 0.3) is 10.8 Å². The molecule has 2 aromatic carbocycles. The molecule has 1 aliphatic rings. The van der Waals surface area contributed by atoms with E-state index in [9.17, 15) is 8.42 Å². The maximum absolute atomic E-state index is 12.8. The van der Waals surface area contributed by atoms with Crippen molar-refractivity contribution in [2.45, 2.75) is 17.9 Å². The van der Waals surface area contributed by atoms with E-state index in [1.165, 1.54) is 4.31 Å². The quantitative estimate of drug-likeness (QED) is 0.723. The fourth-order valence-corrected chi connectivity index (χ4v) is 4.44. The van der Waals surface area contributed by atoms with E-state index < -0.39 is 10.0 Å². The molecule has 0 unspecified atom stereocenters. The van der Waals surface area contributed by atoms with Gasteiger partial charge in [-0.25, -0.2) is 13.4 Å². The number of hydrogen-bond acceptors (Lipinski definition) is 4. The van der Waals surface area contributed by atoms with Crippen LogP contribution in [-0.4, -0.2) is 36.9 Å². The highest BCUT2D eigenvalue weighted by Gasteiger charge is 2.38. The van der Waals surface area contributed by atoms with Gasteiger partial charge in [0, 0.05) is 11.8 Å². The minimum atomic E-state index is -3.49. The summed E-state index contributed by atoms with van der Waals surface area (Å²) in [6.07, 6.45) is -0.162. The molecule has 0 amide bonds. The monoisotopic (exact) mass is 354 g/mol. The molecule has 2 heterocycles. The van der Waals surface area contributed by atoms with E-state index in [0.29, 0.717) is 23.9 Å². The summed E-state index contributed by atoms with van der Waals surface area (Å²) in [4.78, 5) is 4.60. The van der Waals surface area contributed by atoms with Crippen LogP contribution in [0.3, 0.4) is 0 Å². The molecule has 4 rings (SSSR count). The standard InChI is InChI=1S/C19H18N2O3S/c1-14-5-4-8-19(20-14)24-17-12-21(13-17)25(22,23)18-10-9-15-6-2-3-7-16(15)11-18/h2-11,17H,12-13H2,1H3. The maximum atomic E-state index is 12.8. The van der Waals surface area contributed by atoms with E-state index in [0.717, 1.165) is 16.5 Å². The zero-order valence-corrected chi connectivity index (χ0v) is 14.6. The summed E-state index contributed by atoms with van der Waals surface area (Å²) >= 11 is 0. The molecule has 128 valence electrons. The second-order valence-corrected chi connectivity index (χ2v) is 8.13. The largest absolute Gasteiger partial charge is 0.472 e. The van der Waals surface area contributed by atoms with Gasteiger partial charge in [-0.2, -0.15) is 4.31 Å². The van der Waals surface area contributed by atoms with Crippen LogP contribution in [0.15, 0.2) is 65.6 Å². The molecule has 0 bridgehead atoms. The van der Waals surface area contributed by atoms with Crippen molar-refractivity contribution < 1.29 is 13.2 Å². The van der Waals surface area contributed by atoms with Gasteiger partial charge in [0.05, 0.1) is 18.0 Å². The average molecular weight is 354 g/mol. The van der Waals surface area contributed by atoms with E-state index >= 15 is 0 Å². The molecular formula is C19H18N2O3S. The summed E-state index contributed by atoms with van der Waals surface area (Å²) in [5.74, 6) is 0.535. The lowest BCUT2D eigenvalue weighted by molar-refractivity contribution is 0.0720. The molecule has 0 saturated carbocycles. The van der Waals surface area contributed by atoms with Gasteiger partial charge in [0.15, 0.2) is 0 Å². The van der Waals surface area contributed by atoms with Gasteiger partial charge in [-0.3, -0.25) is 0 Å². The number of hydrogen-bond donors (Lipinski definition) is 0. The number of aryl methyl sites for hydroxylation is 1. The number of aromatic nitrogens is 1. The molecule has 6 heteroatoms. The van der Waals surface area contributed by atoms with Crippen molar-refractivity contribution in [3.63, 3.8) is 0 Å². The molecule has 0 radical (unpaired) electrons. The smallest absolute Gasteiger partial charge is 0.243 e. The highest BCUT2D eigenvalue weighted by molar-refractivity contribution is 7.89. The lowest BCUT2D eigenvalue weighted by atomic mass is 10.1. The van der Waals surface area contributed by atoms with Gasteiger partial charge < -0.3 is 4.74 Å². The zero-order chi connectivity index (χ0) is 17.4. The summed E-state index contributed by atoms with van der Waals surface area (Å²) in [5, 5.41) is 1.94. The summed E-state index contributed by atoms with van der Waals surface area (Å²) in [5.41, 5.74) is 0.873. The Labute approximate surface area is 146 Å². The Morgan fingerprint density at radius 1 is 1.00 bits per heavy atom. The molecule has 1 aliphatic heterocycles. The molecule has 3 aromatic rings. The first kappa shape index (κ1) is 16.1. The van der Waals surface area contributed by atoms with Crippen LogP contribution in [0.4, 0.5) is 0 Å². The topological polar surface area (TPSA) is 59.5 Å². The van der Waals surface area contributed by atoms with E-state index in [2.05, 4.69) is 4.98 Å².